The Morgan fingerprint density at radius 2 is 2.22 bits per heavy atom. The molecule has 2 aromatic rings. The summed E-state index contributed by atoms with van der Waals surface area (Å²) in [6.07, 6.45) is 0. The Morgan fingerprint density at radius 1 is 1.44 bits per heavy atom. The fourth-order valence-corrected chi connectivity index (χ4v) is 2.18. The SMILES string of the molecule is CC(=O)c1ccc(O)c(CSc2nnc(C)o2)c1. The van der Waals surface area contributed by atoms with Crippen LogP contribution in [0.25, 0.3) is 0 Å². The van der Waals surface area contributed by atoms with E-state index in [0.29, 0.717) is 28.0 Å². The second-order valence-electron chi connectivity index (χ2n) is 3.78. The first-order valence-corrected chi connectivity index (χ1v) is 6.30. The summed E-state index contributed by atoms with van der Waals surface area (Å²) in [5.41, 5.74) is 1.24. The normalized spacial score (nSPS) is 10.6. The molecule has 0 amide bonds. The van der Waals surface area contributed by atoms with Crippen molar-refractivity contribution in [2.45, 2.75) is 24.8 Å². The van der Waals surface area contributed by atoms with Crippen LogP contribution in [0.1, 0.15) is 28.7 Å². The summed E-state index contributed by atoms with van der Waals surface area (Å²) in [6, 6.07) is 4.79. The number of hydrogen-bond donors (Lipinski definition) is 1. The first kappa shape index (κ1) is 12.6. The maximum absolute atomic E-state index is 11.3. The number of nitrogens with zero attached hydrogens (tertiary/aromatic N) is 2. The van der Waals surface area contributed by atoms with Crippen LogP contribution in [0.5, 0.6) is 5.75 Å². The lowest BCUT2D eigenvalue weighted by molar-refractivity contribution is 0.101. The van der Waals surface area contributed by atoms with E-state index in [4.69, 9.17) is 4.42 Å². The smallest absolute Gasteiger partial charge is 0.276 e. The molecule has 2 rings (SSSR count). The summed E-state index contributed by atoms with van der Waals surface area (Å²) in [6.45, 7) is 3.20. The minimum atomic E-state index is -0.0325. The van der Waals surface area contributed by atoms with Gasteiger partial charge in [0.05, 0.1) is 0 Å². The zero-order valence-corrected chi connectivity index (χ0v) is 10.8. The second kappa shape index (κ2) is 5.22. The highest BCUT2D eigenvalue weighted by molar-refractivity contribution is 7.98. The van der Waals surface area contributed by atoms with Gasteiger partial charge in [-0.15, -0.1) is 10.2 Å². The third kappa shape index (κ3) is 2.89. The predicted octanol–water partition coefficient (Wildman–Crippen LogP) is 2.58. The minimum absolute atomic E-state index is 0.0325. The highest BCUT2D eigenvalue weighted by Gasteiger charge is 2.09. The number of carbonyl (C=O) groups is 1. The number of ketones is 1. The third-order valence-corrected chi connectivity index (χ3v) is 3.21. The van der Waals surface area contributed by atoms with Crippen molar-refractivity contribution in [2.75, 3.05) is 0 Å². The van der Waals surface area contributed by atoms with Crippen LogP contribution in [0.15, 0.2) is 27.8 Å². The van der Waals surface area contributed by atoms with E-state index in [2.05, 4.69) is 10.2 Å². The molecule has 18 heavy (non-hydrogen) atoms. The van der Waals surface area contributed by atoms with Crippen molar-refractivity contribution in [2.24, 2.45) is 0 Å². The molecule has 0 fully saturated rings. The molecule has 5 nitrogen and oxygen atoms in total. The summed E-state index contributed by atoms with van der Waals surface area (Å²) in [5.74, 6) is 1.09. The van der Waals surface area contributed by atoms with Crippen molar-refractivity contribution in [3.8, 4) is 5.75 Å². The molecule has 1 aromatic carbocycles. The number of carbonyl (C=O) groups excluding carboxylic acids is 1. The van der Waals surface area contributed by atoms with Crippen molar-refractivity contribution in [3.63, 3.8) is 0 Å². The Kier molecular flexibility index (Phi) is 3.66. The van der Waals surface area contributed by atoms with Gasteiger partial charge in [-0.2, -0.15) is 0 Å². The van der Waals surface area contributed by atoms with Crippen LogP contribution in [0.3, 0.4) is 0 Å². The van der Waals surface area contributed by atoms with Crippen molar-refractivity contribution >= 4 is 17.5 Å². The molecule has 0 aliphatic carbocycles. The Morgan fingerprint density at radius 3 is 2.83 bits per heavy atom. The van der Waals surface area contributed by atoms with E-state index >= 15 is 0 Å². The second-order valence-corrected chi connectivity index (χ2v) is 4.70. The van der Waals surface area contributed by atoms with Gasteiger partial charge < -0.3 is 9.52 Å². The van der Waals surface area contributed by atoms with Crippen LogP contribution in [0.4, 0.5) is 0 Å². The highest BCUT2D eigenvalue weighted by atomic mass is 32.2. The van der Waals surface area contributed by atoms with Crippen LogP contribution in [0.2, 0.25) is 0 Å². The molecule has 0 spiro atoms. The van der Waals surface area contributed by atoms with E-state index in [0.717, 1.165) is 0 Å². The Hall–Kier alpha value is -1.82. The summed E-state index contributed by atoms with van der Waals surface area (Å²) in [7, 11) is 0. The number of thioether (sulfide) groups is 1. The van der Waals surface area contributed by atoms with Gasteiger partial charge in [-0.3, -0.25) is 4.79 Å². The van der Waals surface area contributed by atoms with Crippen molar-refractivity contribution in [1.82, 2.24) is 10.2 Å². The number of aryl methyl sites for hydroxylation is 1. The van der Waals surface area contributed by atoms with Gasteiger partial charge >= 0.3 is 0 Å². The zero-order chi connectivity index (χ0) is 13.1. The summed E-state index contributed by atoms with van der Waals surface area (Å²) >= 11 is 1.32. The molecule has 1 heterocycles. The number of aromatic hydroxyl groups is 1. The molecule has 1 N–H and O–H groups in total. The van der Waals surface area contributed by atoms with E-state index in [1.54, 1.807) is 19.1 Å². The van der Waals surface area contributed by atoms with E-state index in [1.807, 2.05) is 0 Å². The van der Waals surface area contributed by atoms with Gasteiger partial charge in [0.2, 0.25) is 5.89 Å². The lowest BCUT2D eigenvalue weighted by atomic mass is 10.1. The van der Waals surface area contributed by atoms with Crippen molar-refractivity contribution in [1.29, 1.82) is 0 Å². The number of Topliss-reactive ketones (excluding diaryl/α,β-unsaturated/α-hetero) is 1. The van der Waals surface area contributed by atoms with E-state index in [-0.39, 0.29) is 11.5 Å². The van der Waals surface area contributed by atoms with E-state index in [1.165, 1.54) is 24.8 Å². The van der Waals surface area contributed by atoms with Gasteiger partial charge in [-0.1, -0.05) is 11.8 Å². The molecule has 0 saturated heterocycles. The highest BCUT2D eigenvalue weighted by Crippen LogP contribution is 2.27. The summed E-state index contributed by atoms with van der Waals surface area (Å²) in [4.78, 5) is 11.3. The maximum Gasteiger partial charge on any atom is 0.276 e. The fraction of sp³-hybridized carbons (Fsp3) is 0.250. The number of benzene rings is 1. The van der Waals surface area contributed by atoms with E-state index < -0.39 is 0 Å². The topological polar surface area (TPSA) is 76.2 Å². The molecule has 0 aliphatic heterocycles. The Labute approximate surface area is 108 Å². The number of phenols is 1. The van der Waals surface area contributed by atoms with Gasteiger partial charge in [0.25, 0.3) is 5.22 Å². The van der Waals surface area contributed by atoms with E-state index in [9.17, 15) is 9.90 Å². The average molecular weight is 264 g/mol. The average Bonchev–Trinajstić information content (AvgIpc) is 2.74. The monoisotopic (exact) mass is 264 g/mol. The van der Waals surface area contributed by atoms with Gasteiger partial charge in [0.15, 0.2) is 5.78 Å². The van der Waals surface area contributed by atoms with Crippen LogP contribution >= 0.6 is 11.8 Å². The largest absolute Gasteiger partial charge is 0.508 e. The number of rotatable bonds is 4. The molecule has 6 heteroatoms. The standard InChI is InChI=1S/C12H12N2O3S/c1-7(15)9-3-4-11(16)10(5-9)6-18-12-14-13-8(2)17-12/h3-5,16H,6H2,1-2H3. The summed E-state index contributed by atoms with van der Waals surface area (Å²) < 4.78 is 5.21. The van der Waals surface area contributed by atoms with Gasteiger partial charge in [-0.05, 0) is 25.1 Å². The molecule has 0 aliphatic rings. The molecule has 1 aromatic heterocycles. The van der Waals surface area contributed by atoms with Crippen LogP contribution in [0, 0.1) is 6.92 Å². The van der Waals surface area contributed by atoms with Gasteiger partial charge in [0, 0.05) is 23.8 Å². The predicted molar refractivity (Wildman–Crippen MR) is 66.7 cm³/mol. The zero-order valence-electron chi connectivity index (χ0n) is 10.0. The van der Waals surface area contributed by atoms with Gasteiger partial charge in [0.1, 0.15) is 5.75 Å². The van der Waals surface area contributed by atoms with Crippen molar-refractivity contribution in [3.05, 3.63) is 35.2 Å². The molecule has 0 saturated carbocycles. The first-order chi connectivity index (χ1) is 8.56. The number of phenolic OH excluding ortho intramolecular Hbond substituents is 1. The molecule has 0 bridgehead atoms. The molecule has 94 valence electrons. The summed E-state index contributed by atoms with van der Waals surface area (Å²) in [5, 5.41) is 17.7. The fourth-order valence-electron chi connectivity index (χ4n) is 1.40. The molecular weight excluding hydrogens is 252 g/mol. The maximum atomic E-state index is 11.3. The van der Waals surface area contributed by atoms with Crippen LogP contribution in [-0.2, 0) is 5.75 Å². The number of aromatic nitrogens is 2. The molecule has 0 radical (unpaired) electrons. The van der Waals surface area contributed by atoms with Crippen LogP contribution in [-0.4, -0.2) is 21.1 Å². The third-order valence-electron chi connectivity index (χ3n) is 2.34. The quantitative estimate of drug-likeness (QED) is 0.675. The Bertz CT molecular complexity index is 580. The molecular formula is C12H12N2O3S. The molecule has 0 unspecified atom stereocenters. The lowest BCUT2D eigenvalue weighted by Gasteiger charge is -2.04. The molecule has 0 atom stereocenters. The minimum Gasteiger partial charge on any atom is -0.508 e. The lowest BCUT2D eigenvalue weighted by Crippen LogP contribution is -1.93. The first-order valence-electron chi connectivity index (χ1n) is 5.32. The van der Waals surface area contributed by atoms with Gasteiger partial charge in [-0.25, -0.2) is 0 Å². The van der Waals surface area contributed by atoms with Crippen molar-refractivity contribution < 1.29 is 14.3 Å². The Balaban J connectivity index is 2.13. The number of hydrogen-bond acceptors (Lipinski definition) is 6. The van der Waals surface area contributed by atoms with Crippen LogP contribution < -0.4 is 0 Å².